The maximum atomic E-state index is 11.3. The Kier molecular flexibility index (Phi) is 6.72. The molecule has 0 rings (SSSR count). The van der Waals surface area contributed by atoms with E-state index < -0.39 is 5.60 Å². The van der Waals surface area contributed by atoms with Crippen molar-refractivity contribution in [2.24, 2.45) is 5.73 Å². The molecule has 0 atom stereocenters. The second-order valence-electron chi connectivity index (χ2n) is 4.60. The minimum absolute atomic E-state index is 0.00602. The first-order valence-electron chi connectivity index (χ1n) is 5.54. The largest absolute Gasteiger partial charge is 0.460 e. The molecule has 0 fully saturated rings. The van der Waals surface area contributed by atoms with Gasteiger partial charge >= 0.3 is 5.97 Å². The van der Waals surface area contributed by atoms with Crippen LogP contribution in [-0.2, 0) is 14.3 Å². The Bertz CT molecular complexity index is 234. The van der Waals surface area contributed by atoms with Gasteiger partial charge in [0.15, 0.2) is 0 Å². The van der Waals surface area contributed by atoms with Gasteiger partial charge in [0.05, 0.1) is 6.54 Å². The quantitative estimate of drug-likeness (QED) is 0.516. The van der Waals surface area contributed by atoms with Gasteiger partial charge in [-0.2, -0.15) is 0 Å². The van der Waals surface area contributed by atoms with Crippen molar-refractivity contribution in [1.29, 1.82) is 0 Å². The van der Waals surface area contributed by atoms with E-state index in [-0.39, 0.29) is 18.4 Å². The summed E-state index contributed by atoms with van der Waals surface area (Å²) in [5, 5.41) is 2.64. The van der Waals surface area contributed by atoms with Crippen LogP contribution in [0.2, 0.25) is 0 Å². The molecule has 0 aromatic rings. The summed E-state index contributed by atoms with van der Waals surface area (Å²) in [7, 11) is 0. The summed E-state index contributed by atoms with van der Waals surface area (Å²) in [5.74, 6) is -0.366. The van der Waals surface area contributed by atoms with Gasteiger partial charge in [-0.3, -0.25) is 9.59 Å². The molecule has 0 aliphatic heterocycles. The van der Waals surface area contributed by atoms with Crippen LogP contribution in [0.25, 0.3) is 0 Å². The molecule has 1 amide bonds. The smallest absolute Gasteiger partial charge is 0.306 e. The first kappa shape index (κ1) is 14.9. The molecule has 0 saturated heterocycles. The van der Waals surface area contributed by atoms with E-state index in [1.807, 2.05) is 20.8 Å². The maximum Gasteiger partial charge on any atom is 0.306 e. The van der Waals surface area contributed by atoms with Crippen LogP contribution in [0.5, 0.6) is 0 Å². The van der Waals surface area contributed by atoms with Gasteiger partial charge in [0, 0.05) is 13.0 Å². The van der Waals surface area contributed by atoms with Crippen molar-refractivity contribution in [3.63, 3.8) is 0 Å². The predicted octanol–water partition coefficient (Wildman–Crippen LogP) is 0.573. The normalized spacial score (nSPS) is 11.0. The number of unbranched alkanes of at least 4 members (excludes halogenated alkanes) is 1. The Hall–Kier alpha value is -1.10. The fraction of sp³-hybridized carbons (Fsp3) is 0.818. The molecule has 0 spiro atoms. The number of nitrogens with two attached hydrogens (primary N) is 1. The zero-order valence-corrected chi connectivity index (χ0v) is 10.3. The van der Waals surface area contributed by atoms with E-state index in [2.05, 4.69) is 5.32 Å². The average Bonchev–Trinajstić information content (AvgIpc) is 2.14. The summed E-state index contributed by atoms with van der Waals surface area (Å²) in [6.45, 7) is 6.08. The lowest BCUT2D eigenvalue weighted by molar-refractivity contribution is -0.154. The summed E-state index contributed by atoms with van der Waals surface area (Å²) in [4.78, 5) is 22.1. The molecule has 94 valence electrons. The van der Waals surface area contributed by atoms with Gasteiger partial charge < -0.3 is 15.8 Å². The Morgan fingerprint density at radius 1 is 1.25 bits per heavy atom. The van der Waals surface area contributed by atoms with Crippen molar-refractivity contribution in [2.45, 2.75) is 45.6 Å². The Labute approximate surface area is 96.7 Å². The first-order chi connectivity index (χ1) is 7.35. The lowest BCUT2D eigenvalue weighted by Gasteiger charge is -2.19. The van der Waals surface area contributed by atoms with Crippen molar-refractivity contribution < 1.29 is 14.3 Å². The summed E-state index contributed by atoms with van der Waals surface area (Å²) in [6, 6.07) is 0. The number of esters is 1. The topological polar surface area (TPSA) is 81.4 Å². The van der Waals surface area contributed by atoms with Gasteiger partial charge in [0.2, 0.25) is 5.91 Å². The van der Waals surface area contributed by atoms with E-state index in [0.29, 0.717) is 19.4 Å². The van der Waals surface area contributed by atoms with Crippen molar-refractivity contribution in [1.82, 2.24) is 5.32 Å². The number of carbonyl (C=O) groups excluding carboxylic acids is 2. The third kappa shape index (κ3) is 9.45. The highest BCUT2D eigenvalue weighted by Crippen LogP contribution is 2.09. The van der Waals surface area contributed by atoms with Gasteiger partial charge in [-0.25, -0.2) is 0 Å². The summed E-state index contributed by atoms with van der Waals surface area (Å²) in [5.41, 5.74) is 4.69. The zero-order chi connectivity index (χ0) is 12.6. The van der Waals surface area contributed by atoms with Gasteiger partial charge in [-0.05, 0) is 33.6 Å². The fourth-order valence-electron chi connectivity index (χ4n) is 1.09. The Balaban J connectivity index is 3.45. The van der Waals surface area contributed by atoms with Crippen molar-refractivity contribution in [3.8, 4) is 0 Å². The Morgan fingerprint density at radius 2 is 1.88 bits per heavy atom. The summed E-state index contributed by atoms with van der Waals surface area (Å²) >= 11 is 0. The Morgan fingerprint density at radius 3 is 2.38 bits per heavy atom. The molecule has 0 heterocycles. The molecule has 0 aliphatic carbocycles. The minimum atomic E-state index is -0.426. The van der Waals surface area contributed by atoms with Crippen LogP contribution in [0.1, 0.15) is 40.0 Å². The molecule has 0 saturated carbocycles. The van der Waals surface area contributed by atoms with E-state index in [1.165, 1.54) is 0 Å². The number of ether oxygens (including phenoxy) is 1. The number of nitrogens with one attached hydrogen (secondary N) is 1. The molecule has 0 bridgehead atoms. The van der Waals surface area contributed by atoms with Crippen LogP contribution >= 0.6 is 0 Å². The third-order valence-electron chi connectivity index (χ3n) is 1.74. The highest BCUT2D eigenvalue weighted by Gasteiger charge is 2.15. The van der Waals surface area contributed by atoms with Crippen LogP contribution in [0, 0.1) is 0 Å². The number of hydrogen-bond donors (Lipinski definition) is 2. The molecule has 5 heteroatoms. The standard InChI is InChI=1S/C11H22N2O3/c1-11(2,3)16-10(15)6-4-5-7-13-9(14)8-12/h4-8,12H2,1-3H3,(H,13,14). The van der Waals surface area contributed by atoms with Gasteiger partial charge in [-0.1, -0.05) is 0 Å². The number of carbonyl (C=O) groups is 2. The molecule has 3 N–H and O–H groups in total. The van der Waals surface area contributed by atoms with Crippen LogP contribution in [0.15, 0.2) is 0 Å². The maximum absolute atomic E-state index is 11.3. The SMILES string of the molecule is CC(C)(C)OC(=O)CCCCNC(=O)CN. The molecule has 0 aromatic heterocycles. The third-order valence-corrected chi connectivity index (χ3v) is 1.74. The van der Waals surface area contributed by atoms with Gasteiger partial charge in [0.25, 0.3) is 0 Å². The number of amides is 1. The van der Waals surface area contributed by atoms with Crippen molar-refractivity contribution >= 4 is 11.9 Å². The van der Waals surface area contributed by atoms with Gasteiger partial charge in [-0.15, -0.1) is 0 Å². The second-order valence-corrected chi connectivity index (χ2v) is 4.60. The van der Waals surface area contributed by atoms with Crippen LogP contribution < -0.4 is 11.1 Å². The average molecular weight is 230 g/mol. The van der Waals surface area contributed by atoms with Crippen molar-refractivity contribution in [3.05, 3.63) is 0 Å². The van der Waals surface area contributed by atoms with E-state index >= 15 is 0 Å². The molecule has 0 aliphatic rings. The monoisotopic (exact) mass is 230 g/mol. The fourth-order valence-corrected chi connectivity index (χ4v) is 1.09. The molecule has 16 heavy (non-hydrogen) atoms. The zero-order valence-electron chi connectivity index (χ0n) is 10.3. The van der Waals surface area contributed by atoms with Crippen LogP contribution in [0.4, 0.5) is 0 Å². The molecule has 5 nitrogen and oxygen atoms in total. The number of rotatable bonds is 6. The second kappa shape index (κ2) is 7.22. The van der Waals surface area contributed by atoms with E-state index in [4.69, 9.17) is 10.5 Å². The highest BCUT2D eigenvalue weighted by molar-refractivity contribution is 5.77. The molecule has 0 radical (unpaired) electrons. The van der Waals surface area contributed by atoms with E-state index in [1.54, 1.807) is 0 Å². The minimum Gasteiger partial charge on any atom is -0.460 e. The summed E-state index contributed by atoms with van der Waals surface area (Å²) < 4.78 is 5.14. The summed E-state index contributed by atoms with van der Waals surface area (Å²) in [6.07, 6.45) is 1.85. The van der Waals surface area contributed by atoms with Crippen molar-refractivity contribution in [2.75, 3.05) is 13.1 Å². The molecule has 0 aromatic carbocycles. The first-order valence-corrected chi connectivity index (χ1v) is 5.54. The molecule has 0 unspecified atom stereocenters. The lowest BCUT2D eigenvalue weighted by Crippen LogP contribution is -2.31. The lowest BCUT2D eigenvalue weighted by atomic mass is 10.2. The number of hydrogen-bond acceptors (Lipinski definition) is 4. The highest BCUT2D eigenvalue weighted by atomic mass is 16.6. The predicted molar refractivity (Wildman–Crippen MR) is 61.8 cm³/mol. The van der Waals surface area contributed by atoms with Crippen LogP contribution in [-0.4, -0.2) is 30.6 Å². The molecular formula is C11H22N2O3. The van der Waals surface area contributed by atoms with Crippen LogP contribution in [0.3, 0.4) is 0 Å². The van der Waals surface area contributed by atoms with Gasteiger partial charge in [0.1, 0.15) is 5.60 Å². The van der Waals surface area contributed by atoms with E-state index in [9.17, 15) is 9.59 Å². The van der Waals surface area contributed by atoms with E-state index in [0.717, 1.165) is 6.42 Å². The molecular weight excluding hydrogens is 208 g/mol.